The average Bonchev–Trinajstić information content (AvgIpc) is 3.19. The van der Waals surface area contributed by atoms with Crippen molar-refractivity contribution in [1.82, 2.24) is 19.2 Å². The van der Waals surface area contributed by atoms with Crippen LogP contribution in [0.15, 0.2) is 58.4 Å². The van der Waals surface area contributed by atoms with Crippen LogP contribution in [-0.4, -0.2) is 73.8 Å². The molecule has 0 spiro atoms. The smallest absolute Gasteiger partial charge is 0.267 e. The number of amides is 1. The maximum absolute atomic E-state index is 13.8. The molecule has 1 aromatic carbocycles. The van der Waals surface area contributed by atoms with Crippen molar-refractivity contribution in [3.05, 3.63) is 80.6 Å². The Hall–Kier alpha value is -3.05. The molecule has 2 fully saturated rings. The highest BCUT2D eigenvalue weighted by molar-refractivity contribution is 8.26. The van der Waals surface area contributed by atoms with E-state index in [1.54, 1.807) is 21.6 Å². The molecular formula is C27H29N5O3S2. The summed E-state index contributed by atoms with van der Waals surface area (Å²) in [5.41, 5.74) is 2.65. The van der Waals surface area contributed by atoms with Gasteiger partial charge in [-0.1, -0.05) is 60.4 Å². The molecule has 3 aromatic rings. The highest BCUT2D eigenvalue weighted by Gasteiger charge is 2.36. The van der Waals surface area contributed by atoms with E-state index in [9.17, 15) is 14.7 Å². The fourth-order valence-corrected chi connectivity index (χ4v) is 6.22. The molecule has 5 rings (SSSR count). The van der Waals surface area contributed by atoms with Crippen LogP contribution >= 0.6 is 24.0 Å². The van der Waals surface area contributed by atoms with Gasteiger partial charge in [-0.05, 0) is 37.1 Å². The summed E-state index contributed by atoms with van der Waals surface area (Å²) in [6, 6.07) is 13.3. The molecule has 1 unspecified atom stereocenters. The summed E-state index contributed by atoms with van der Waals surface area (Å²) >= 11 is 6.82. The number of hydrogen-bond acceptors (Lipinski definition) is 8. The predicted molar refractivity (Wildman–Crippen MR) is 152 cm³/mol. The number of carbonyl (C=O) groups is 1. The van der Waals surface area contributed by atoms with Crippen molar-refractivity contribution in [1.29, 1.82) is 0 Å². The highest BCUT2D eigenvalue weighted by Crippen LogP contribution is 2.38. The number of β-amino-alcohol motifs (C(OH)–C–C–N with tert-alkyl or cyclic N) is 1. The van der Waals surface area contributed by atoms with Gasteiger partial charge in [-0.25, -0.2) is 4.98 Å². The van der Waals surface area contributed by atoms with Crippen LogP contribution in [-0.2, 0) is 4.79 Å². The number of benzene rings is 1. The molecule has 2 aromatic heterocycles. The maximum atomic E-state index is 13.8. The molecule has 2 saturated heterocycles. The molecule has 10 heteroatoms. The molecule has 1 atom stereocenters. The average molecular weight is 536 g/mol. The topological polar surface area (TPSA) is 81.4 Å². The molecule has 8 nitrogen and oxygen atoms in total. The Kier molecular flexibility index (Phi) is 7.43. The second kappa shape index (κ2) is 10.7. The molecule has 192 valence electrons. The van der Waals surface area contributed by atoms with Crippen LogP contribution in [0, 0.1) is 6.92 Å². The van der Waals surface area contributed by atoms with Gasteiger partial charge in [0.25, 0.3) is 11.5 Å². The Morgan fingerprint density at radius 1 is 1.11 bits per heavy atom. The summed E-state index contributed by atoms with van der Waals surface area (Å²) in [5, 5.41) is 9.30. The van der Waals surface area contributed by atoms with Crippen LogP contribution < -0.4 is 10.5 Å². The molecule has 2 aliphatic heterocycles. The van der Waals surface area contributed by atoms with Crippen LogP contribution in [0.1, 0.15) is 29.7 Å². The van der Waals surface area contributed by atoms with Crippen molar-refractivity contribution in [2.45, 2.75) is 19.9 Å². The van der Waals surface area contributed by atoms with E-state index < -0.39 is 0 Å². The van der Waals surface area contributed by atoms with Gasteiger partial charge in [-0.15, -0.1) is 0 Å². The number of pyridine rings is 1. The van der Waals surface area contributed by atoms with E-state index in [2.05, 4.69) is 9.80 Å². The van der Waals surface area contributed by atoms with Gasteiger partial charge in [0.2, 0.25) is 0 Å². The number of aliphatic hydroxyl groups is 1. The molecular weight excluding hydrogens is 506 g/mol. The maximum Gasteiger partial charge on any atom is 0.267 e. The SMILES string of the molecule is Cc1cccn2c(=O)c(/C=C3\SC(=S)N(C(C)c4ccccc4)C3=O)c(N3CCN(CCO)CC3)nc12. The summed E-state index contributed by atoms with van der Waals surface area (Å²) < 4.78 is 2.01. The number of piperazine rings is 1. The van der Waals surface area contributed by atoms with E-state index in [1.165, 1.54) is 11.8 Å². The van der Waals surface area contributed by atoms with E-state index in [0.717, 1.165) is 24.2 Å². The number of rotatable bonds is 6. The third-order valence-electron chi connectivity index (χ3n) is 6.92. The lowest BCUT2D eigenvalue weighted by Gasteiger charge is -2.35. The molecule has 1 N–H and O–H groups in total. The largest absolute Gasteiger partial charge is 0.395 e. The number of thioether (sulfide) groups is 1. The Bertz CT molecular complexity index is 1430. The lowest BCUT2D eigenvalue weighted by Crippen LogP contribution is -2.48. The summed E-state index contributed by atoms with van der Waals surface area (Å²) in [6.45, 7) is 7.47. The zero-order valence-electron chi connectivity index (χ0n) is 20.8. The first-order valence-corrected chi connectivity index (χ1v) is 13.5. The highest BCUT2D eigenvalue weighted by atomic mass is 32.2. The summed E-state index contributed by atoms with van der Waals surface area (Å²) in [7, 11) is 0. The fourth-order valence-electron chi connectivity index (χ4n) is 4.82. The lowest BCUT2D eigenvalue weighted by molar-refractivity contribution is -0.123. The lowest BCUT2D eigenvalue weighted by atomic mass is 10.1. The monoisotopic (exact) mass is 535 g/mol. The third-order valence-corrected chi connectivity index (χ3v) is 8.25. The van der Waals surface area contributed by atoms with Crippen LogP contribution in [0.3, 0.4) is 0 Å². The van der Waals surface area contributed by atoms with E-state index in [-0.39, 0.29) is 24.1 Å². The Morgan fingerprint density at radius 3 is 2.54 bits per heavy atom. The van der Waals surface area contributed by atoms with E-state index in [4.69, 9.17) is 17.2 Å². The van der Waals surface area contributed by atoms with Crippen molar-refractivity contribution in [2.75, 3.05) is 44.2 Å². The molecule has 1 amide bonds. The first kappa shape index (κ1) is 25.6. The van der Waals surface area contributed by atoms with Crippen LogP contribution in [0.2, 0.25) is 0 Å². The van der Waals surface area contributed by atoms with E-state index in [1.807, 2.05) is 56.3 Å². The number of carbonyl (C=O) groups excluding carboxylic acids is 1. The summed E-state index contributed by atoms with van der Waals surface area (Å²) in [5.74, 6) is 0.364. The molecule has 0 bridgehead atoms. The van der Waals surface area contributed by atoms with Crippen molar-refractivity contribution in [2.24, 2.45) is 0 Å². The fraction of sp³-hybridized carbons (Fsp3) is 0.333. The number of anilines is 1. The van der Waals surface area contributed by atoms with Crippen LogP contribution in [0.25, 0.3) is 11.7 Å². The minimum atomic E-state index is -0.225. The quantitative estimate of drug-likeness (QED) is 0.381. The van der Waals surface area contributed by atoms with Gasteiger partial charge in [0.05, 0.1) is 23.1 Å². The number of thiocarbonyl (C=S) groups is 1. The van der Waals surface area contributed by atoms with E-state index >= 15 is 0 Å². The van der Waals surface area contributed by atoms with Gasteiger partial charge >= 0.3 is 0 Å². The second-order valence-corrected chi connectivity index (χ2v) is 10.9. The van der Waals surface area contributed by atoms with Gasteiger partial charge in [-0.2, -0.15) is 0 Å². The first-order valence-electron chi connectivity index (χ1n) is 12.3. The number of aryl methyl sites for hydroxylation is 1. The number of fused-ring (bicyclic) bond motifs is 1. The predicted octanol–water partition coefficient (Wildman–Crippen LogP) is 3.08. The molecule has 4 heterocycles. The van der Waals surface area contributed by atoms with Gasteiger partial charge in [0.15, 0.2) is 0 Å². The molecule has 0 aliphatic carbocycles. The van der Waals surface area contributed by atoms with Crippen molar-refractivity contribution < 1.29 is 9.90 Å². The Balaban J connectivity index is 1.56. The van der Waals surface area contributed by atoms with Gasteiger partial charge in [0.1, 0.15) is 15.8 Å². The van der Waals surface area contributed by atoms with Gasteiger partial charge in [-0.3, -0.25) is 23.8 Å². The van der Waals surface area contributed by atoms with E-state index in [0.29, 0.717) is 45.9 Å². The molecule has 37 heavy (non-hydrogen) atoms. The minimum absolute atomic E-state index is 0.114. The van der Waals surface area contributed by atoms with Gasteiger partial charge in [0, 0.05) is 38.9 Å². The standard InChI is InChI=1S/C27H29N5O3S2/c1-18-7-6-10-31-23(18)28-24(30-13-11-29(12-14-30)15-16-33)21(25(31)34)17-22-26(35)32(27(36)37-22)19(2)20-8-4-3-5-9-20/h3-10,17,19,33H,11-16H2,1-2H3/b22-17-. The van der Waals surface area contributed by atoms with Crippen LogP contribution in [0.5, 0.6) is 0 Å². The third kappa shape index (κ3) is 4.94. The van der Waals surface area contributed by atoms with Gasteiger partial charge < -0.3 is 10.0 Å². The zero-order chi connectivity index (χ0) is 26.1. The minimum Gasteiger partial charge on any atom is -0.395 e. The number of aliphatic hydroxyl groups excluding tert-OH is 1. The summed E-state index contributed by atoms with van der Waals surface area (Å²) in [4.78, 5) is 38.6. The number of aromatic nitrogens is 2. The number of nitrogens with zero attached hydrogens (tertiary/aromatic N) is 5. The normalized spacial score (nSPS) is 18.8. The van der Waals surface area contributed by atoms with Crippen molar-refractivity contribution in [3.8, 4) is 0 Å². The second-order valence-electron chi connectivity index (χ2n) is 9.23. The summed E-state index contributed by atoms with van der Waals surface area (Å²) in [6.07, 6.45) is 3.37. The van der Waals surface area contributed by atoms with Crippen molar-refractivity contribution >= 4 is 51.7 Å². The number of hydrogen-bond donors (Lipinski definition) is 1. The first-order chi connectivity index (χ1) is 17.9. The molecule has 2 aliphatic rings. The molecule has 0 radical (unpaired) electrons. The van der Waals surface area contributed by atoms with Crippen molar-refractivity contribution in [3.63, 3.8) is 0 Å². The molecule has 0 saturated carbocycles. The van der Waals surface area contributed by atoms with Crippen LogP contribution in [0.4, 0.5) is 5.82 Å². The Labute approximate surface area is 225 Å². The zero-order valence-corrected chi connectivity index (χ0v) is 22.5. The Morgan fingerprint density at radius 2 is 1.84 bits per heavy atom.